The summed E-state index contributed by atoms with van der Waals surface area (Å²) >= 11 is 0. The van der Waals surface area contributed by atoms with Crippen molar-refractivity contribution in [3.05, 3.63) is 70.3 Å². The van der Waals surface area contributed by atoms with Gasteiger partial charge in [0.25, 0.3) is 5.56 Å². The molecule has 134 valence electrons. The molecule has 0 aliphatic carbocycles. The van der Waals surface area contributed by atoms with Crippen molar-refractivity contribution in [1.29, 1.82) is 0 Å². The normalized spacial score (nSPS) is 12.3. The molecular formula is C20H22N4O2. The highest BCUT2D eigenvalue weighted by Crippen LogP contribution is 2.16. The Morgan fingerprint density at radius 3 is 2.62 bits per heavy atom. The van der Waals surface area contributed by atoms with E-state index in [2.05, 4.69) is 15.3 Å². The van der Waals surface area contributed by atoms with E-state index in [0.717, 1.165) is 11.3 Å². The number of benzene rings is 2. The van der Waals surface area contributed by atoms with Gasteiger partial charge in [-0.05, 0) is 45.2 Å². The molecule has 0 aliphatic heterocycles. The Bertz CT molecular complexity index is 979. The average Bonchev–Trinajstić information content (AvgIpc) is 2.63. The zero-order valence-corrected chi connectivity index (χ0v) is 15.1. The maximum atomic E-state index is 12.3. The number of aromatic amines is 1. The molecule has 3 aromatic rings. The minimum Gasteiger partial charge on any atom is -0.325 e. The molecule has 1 heterocycles. The van der Waals surface area contributed by atoms with Crippen LogP contribution in [0.5, 0.6) is 0 Å². The van der Waals surface area contributed by atoms with E-state index < -0.39 is 0 Å². The Labute approximate surface area is 151 Å². The summed E-state index contributed by atoms with van der Waals surface area (Å²) < 4.78 is 0. The van der Waals surface area contributed by atoms with Crippen molar-refractivity contribution >= 4 is 22.5 Å². The van der Waals surface area contributed by atoms with Gasteiger partial charge in [0.2, 0.25) is 5.91 Å². The van der Waals surface area contributed by atoms with Gasteiger partial charge in [0.15, 0.2) is 0 Å². The molecule has 0 radical (unpaired) electrons. The summed E-state index contributed by atoms with van der Waals surface area (Å²) in [5.41, 5.74) is 2.38. The third kappa shape index (κ3) is 3.97. The smallest absolute Gasteiger partial charge is 0.258 e. The molecule has 6 heteroatoms. The molecule has 2 aromatic carbocycles. The number of carbonyl (C=O) groups is 1. The number of nitrogens with one attached hydrogen (secondary N) is 2. The largest absolute Gasteiger partial charge is 0.325 e. The molecule has 0 fully saturated rings. The second-order valence-electron chi connectivity index (χ2n) is 6.47. The number of amides is 1. The lowest BCUT2D eigenvalue weighted by molar-refractivity contribution is -0.117. The van der Waals surface area contributed by atoms with E-state index in [1.54, 1.807) is 6.07 Å². The first-order valence-corrected chi connectivity index (χ1v) is 8.50. The molecule has 1 unspecified atom stereocenters. The van der Waals surface area contributed by atoms with Crippen molar-refractivity contribution in [2.24, 2.45) is 0 Å². The van der Waals surface area contributed by atoms with E-state index in [1.807, 2.05) is 68.3 Å². The van der Waals surface area contributed by atoms with Crippen molar-refractivity contribution in [2.45, 2.75) is 19.9 Å². The summed E-state index contributed by atoms with van der Waals surface area (Å²) in [5, 5.41) is 3.43. The Morgan fingerprint density at radius 2 is 1.88 bits per heavy atom. The first-order valence-electron chi connectivity index (χ1n) is 8.50. The van der Waals surface area contributed by atoms with Gasteiger partial charge in [-0.15, -0.1) is 0 Å². The fourth-order valence-corrected chi connectivity index (χ4v) is 2.71. The van der Waals surface area contributed by atoms with Crippen molar-refractivity contribution in [3.63, 3.8) is 0 Å². The average molecular weight is 350 g/mol. The Morgan fingerprint density at radius 1 is 1.19 bits per heavy atom. The number of rotatable bonds is 5. The van der Waals surface area contributed by atoms with Crippen LogP contribution in [-0.4, -0.2) is 34.4 Å². The second kappa shape index (κ2) is 7.49. The molecule has 1 atom stereocenters. The molecule has 2 N–H and O–H groups in total. The molecule has 6 nitrogen and oxygen atoms in total. The molecule has 0 bridgehead atoms. The van der Waals surface area contributed by atoms with Gasteiger partial charge < -0.3 is 10.3 Å². The van der Waals surface area contributed by atoms with E-state index in [-0.39, 0.29) is 24.1 Å². The van der Waals surface area contributed by atoms with E-state index in [9.17, 15) is 9.59 Å². The van der Waals surface area contributed by atoms with Crippen LogP contribution in [0.2, 0.25) is 0 Å². The topological polar surface area (TPSA) is 78.1 Å². The Hall–Kier alpha value is -2.99. The van der Waals surface area contributed by atoms with Gasteiger partial charge in [-0.2, -0.15) is 0 Å². The summed E-state index contributed by atoms with van der Waals surface area (Å²) in [6.07, 6.45) is 0. The van der Waals surface area contributed by atoms with Crippen LogP contribution in [0.25, 0.3) is 10.9 Å². The van der Waals surface area contributed by atoms with Crippen LogP contribution in [-0.2, 0) is 4.79 Å². The molecule has 0 saturated carbocycles. The zero-order valence-electron chi connectivity index (χ0n) is 15.1. The van der Waals surface area contributed by atoms with Gasteiger partial charge in [-0.1, -0.05) is 29.8 Å². The Balaban J connectivity index is 1.71. The first-order chi connectivity index (χ1) is 12.4. The number of anilines is 1. The van der Waals surface area contributed by atoms with Crippen LogP contribution in [0.4, 0.5) is 5.69 Å². The van der Waals surface area contributed by atoms with Gasteiger partial charge in [0.05, 0.1) is 23.5 Å². The van der Waals surface area contributed by atoms with Crippen molar-refractivity contribution in [1.82, 2.24) is 14.9 Å². The molecule has 0 spiro atoms. The van der Waals surface area contributed by atoms with Gasteiger partial charge >= 0.3 is 0 Å². The lowest BCUT2D eigenvalue weighted by Crippen LogP contribution is -2.33. The van der Waals surface area contributed by atoms with Gasteiger partial charge in [-0.25, -0.2) is 4.98 Å². The number of nitrogens with zero attached hydrogens (tertiary/aromatic N) is 2. The summed E-state index contributed by atoms with van der Waals surface area (Å²) in [4.78, 5) is 33.7. The van der Waals surface area contributed by atoms with Crippen LogP contribution in [0, 0.1) is 6.92 Å². The van der Waals surface area contributed by atoms with Crippen LogP contribution in [0.1, 0.15) is 24.4 Å². The predicted octanol–water partition coefficient (Wildman–Crippen LogP) is 2.86. The third-order valence-electron chi connectivity index (χ3n) is 4.42. The molecule has 3 rings (SSSR count). The highest BCUT2D eigenvalue weighted by atomic mass is 16.2. The van der Waals surface area contributed by atoms with Gasteiger partial charge in [-0.3, -0.25) is 14.5 Å². The highest BCUT2D eigenvalue weighted by Gasteiger charge is 2.18. The molecule has 1 amide bonds. The molecule has 26 heavy (non-hydrogen) atoms. The van der Waals surface area contributed by atoms with Crippen molar-refractivity contribution in [2.75, 3.05) is 18.9 Å². The van der Waals surface area contributed by atoms with Gasteiger partial charge in [0, 0.05) is 5.69 Å². The van der Waals surface area contributed by atoms with Crippen molar-refractivity contribution in [3.8, 4) is 0 Å². The van der Waals surface area contributed by atoms with E-state index in [0.29, 0.717) is 16.7 Å². The highest BCUT2D eigenvalue weighted by molar-refractivity contribution is 5.92. The maximum absolute atomic E-state index is 12.3. The molecule has 0 aliphatic rings. The predicted molar refractivity (Wildman–Crippen MR) is 103 cm³/mol. The summed E-state index contributed by atoms with van der Waals surface area (Å²) in [7, 11) is 1.83. The van der Waals surface area contributed by atoms with E-state index in [1.165, 1.54) is 0 Å². The van der Waals surface area contributed by atoms with E-state index >= 15 is 0 Å². The SMILES string of the molecule is Cc1ccc(NC(=O)CN(C)C(C)c2nc3ccccc3c(=O)[nH]2)cc1. The maximum Gasteiger partial charge on any atom is 0.258 e. The first kappa shape index (κ1) is 17.8. The van der Waals surface area contributed by atoms with Gasteiger partial charge in [0.1, 0.15) is 5.82 Å². The summed E-state index contributed by atoms with van der Waals surface area (Å²) in [6, 6.07) is 14.6. The van der Waals surface area contributed by atoms with Crippen LogP contribution >= 0.6 is 0 Å². The molecular weight excluding hydrogens is 328 g/mol. The third-order valence-corrected chi connectivity index (χ3v) is 4.42. The van der Waals surface area contributed by atoms with Crippen LogP contribution < -0.4 is 10.9 Å². The standard InChI is InChI=1S/C20H22N4O2/c1-13-8-10-15(11-9-13)21-18(25)12-24(3)14(2)19-22-17-7-5-4-6-16(17)20(26)23-19/h4-11,14H,12H2,1-3H3,(H,21,25)(H,22,23,26). The lowest BCUT2D eigenvalue weighted by atomic mass is 10.2. The van der Waals surface area contributed by atoms with Crippen LogP contribution in [0.15, 0.2) is 53.3 Å². The quantitative estimate of drug-likeness (QED) is 0.742. The monoisotopic (exact) mass is 350 g/mol. The lowest BCUT2D eigenvalue weighted by Gasteiger charge is -2.23. The van der Waals surface area contributed by atoms with Crippen molar-refractivity contribution < 1.29 is 4.79 Å². The number of hydrogen-bond acceptors (Lipinski definition) is 4. The summed E-state index contributed by atoms with van der Waals surface area (Å²) in [5.74, 6) is 0.422. The van der Waals surface area contributed by atoms with E-state index in [4.69, 9.17) is 0 Å². The molecule has 0 saturated heterocycles. The second-order valence-corrected chi connectivity index (χ2v) is 6.47. The zero-order chi connectivity index (χ0) is 18.7. The number of carbonyl (C=O) groups excluding carboxylic acids is 1. The number of likely N-dealkylation sites (N-methyl/N-ethyl adjacent to an activating group) is 1. The van der Waals surface area contributed by atoms with Crippen LogP contribution in [0.3, 0.4) is 0 Å². The number of fused-ring (bicyclic) bond motifs is 1. The number of aromatic nitrogens is 2. The fraction of sp³-hybridized carbons (Fsp3) is 0.250. The minimum absolute atomic E-state index is 0.119. The minimum atomic E-state index is -0.212. The molecule has 1 aromatic heterocycles. The summed E-state index contributed by atoms with van der Waals surface area (Å²) in [6.45, 7) is 4.09. The fourth-order valence-electron chi connectivity index (χ4n) is 2.71. The number of hydrogen-bond donors (Lipinski definition) is 2. The number of para-hydroxylation sites is 1. The Kier molecular flexibility index (Phi) is 5.14. The number of aryl methyl sites for hydroxylation is 1. The number of H-pyrrole nitrogens is 1.